The van der Waals surface area contributed by atoms with Crippen molar-refractivity contribution in [2.75, 3.05) is 13.2 Å². The van der Waals surface area contributed by atoms with E-state index in [0.717, 1.165) is 21.1 Å². The molecule has 3 rings (SSSR count). The van der Waals surface area contributed by atoms with E-state index in [2.05, 4.69) is 31.9 Å². The summed E-state index contributed by atoms with van der Waals surface area (Å²) in [6.07, 6.45) is 0. The number of ketones is 2. The minimum atomic E-state index is -1.26. The van der Waals surface area contributed by atoms with Crippen molar-refractivity contribution < 1.29 is 33.6 Å². The maximum absolute atomic E-state index is 12.7. The minimum Gasteiger partial charge on any atom is -0.454 e. The molecule has 0 saturated heterocycles. The van der Waals surface area contributed by atoms with Crippen LogP contribution in [0.1, 0.15) is 41.4 Å². The van der Waals surface area contributed by atoms with Gasteiger partial charge in [-0.2, -0.15) is 0 Å². The van der Waals surface area contributed by atoms with E-state index in [0.29, 0.717) is 0 Å². The fraction of sp³-hybridized carbons (Fsp3) is 0.0833. The summed E-state index contributed by atoms with van der Waals surface area (Å²) in [5.41, 5.74) is -1.31. The number of hydrogen-bond acceptors (Lipinski definition) is 8. The van der Waals surface area contributed by atoms with Crippen LogP contribution in [0.2, 0.25) is 0 Å². The number of Topliss-reactive ketones (excluding diaryl/α,β-unsaturated/α-hetero) is 2. The molecule has 0 N–H and O–H groups in total. The van der Waals surface area contributed by atoms with Crippen LogP contribution in [0.3, 0.4) is 0 Å². The van der Waals surface area contributed by atoms with E-state index in [-0.39, 0.29) is 11.1 Å². The number of benzene rings is 3. The summed E-state index contributed by atoms with van der Waals surface area (Å²) in [5, 5.41) is 11.5. The van der Waals surface area contributed by atoms with Gasteiger partial charge in [0.2, 0.25) is 0 Å². The summed E-state index contributed by atoms with van der Waals surface area (Å²) in [7, 11) is 0. The molecule has 0 amide bonds. The Morgan fingerprint density at radius 1 is 0.714 bits per heavy atom. The molecular weight excluding hydrogens is 590 g/mol. The van der Waals surface area contributed by atoms with Crippen LogP contribution in [0, 0.1) is 10.1 Å². The molecule has 35 heavy (non-hydrogen) atoms. The quantitative estimate of drug-likeness (QED) is 0.141. The lowest BCUT2D eigenvalue weighted by atomic mass is 10.1. The van der Waals surface area contributed by atoms with E-state index in [9.17, 15) is 29.3 Å². The van der Waals surface area contributed by atoms with E-state index in [1.807, 2.05) is 0 Å². The Morgan fingerprint density at radius 2 is 1.17 bits per heavy atom. The highest BCUT2D eigenvalue weighted by Gasteiger charge is 2.30. The van der Waals surface area contributed by atoms with Crippen molar-refractivity contribution in [1.82, 2.24) is 0 Å². The molecule has 0 atom stereocenters. The number of esters is 2. The van der Waals surface area contributed by atoms with Crippen molar-refractivity contribution >= 4 is 61.1 Å². The molecule has 11 heteroatoms. The van der Waals surface area contributed by atoms with Gasteiger partial charge >= 0.3 is 11.9 Å². The van der Waals surface area contributed by atoms with Crippen LogP contribution in [-0.4, -0.2) is 41.6 Å². The molecule has 0 saturated carbocycles. The maximum atomic E-state index is 12.7. The highest BCUT2D eigenvalue weighted by molar-refractivity contribution is 9.10. The Kier molecular flexibility index (Phi) is 8.61. The van der Waals surface area contributed by atoms with Crippen LogP contribution in [0.5, 0.6) is 0 Å². The van der Waals surface area contributed by atoms with Gasteiger partial charge in [0, 0.05) is 26.1 Å². The molecule has 0 heterocycles. The van der Waals surface area contributed by atoms with Gasteiger partial charge in [-0.15, -0.1) is 0 Å². The van der Waals surface area contributed by atoms with Crippen molar-refractivity contribution in [3.05, 3.63) is 108 Å². The number of halogens is 2. The number of hydrogen-bond donors (Lipinski definition) is 0. The van der Waals surface area contributed by atoms with Crippen molar-refractivity contribution in [3.63, 3.8) is 0 Å². The minimum absolute atomic E-state index is 0.259. The summed E-state index contributed by atoms with van der Waals surface area (Å²) >= 11 is 6.49. The second-order valence-electron chi connectivity index (χ2n) is 6.97. The predicted molar refractivity (Wildman–Crippen MR) is 131 cm³/mol. The first-order valence-corrected chi connectivity index (χ1v) is 11.4. The van der Waals surface area contributed by atoms with Crippen molar-refractivity contribution in [2.24, 2.45) is 0 Å². The van der Waals surface area contributed by atoms with Gasteiger partial charge in [0.15, 0.2) is 30.3 Å². The molecule has 0 radical (unpaired) electrons. The molecule has 0 aliphatic heterocycles. The van der Waals surface area contributed by atoms with E-state index in [4.69, 9.17) is 9.47 Å². The number of nitro benzene ring substituents is 1. The molecule has 3 aromatic carbocycles. The molecule has 3 aromatic rings. The zero-order chi connectivity index (χ0) is 25.5. The Labute approximate surface area is 215 Å². The van der Waals surface area contributed by atoms with Gasteiger partial charge in [-0.05, 0) is 30.3 Å². The second-order valence-corrected chi connectivity index (χ2v) is 8.80. The standard InChI is InChI=1S/C24H15Br2NO8/c25-16-8-4-14(5-9-16)20(28)12-34-23(30)18-2-1-3-19(27(32)33)22(18)24(31)35-13-21(29)15-6-10-17(26)11-7-15/h1-11H,12-13H2. The van der Waals surface area contributed by atoms with E-state index in [1.165, 1.54) is 30.3 Å². The fourth-order valence-corrected chi connectivity index (χ4v) is 3.46. The first kappa shape index (κ1) is 25.9. The van der Waals surface area contributed by atoms with E-state index in [1.54, 1.807) is 24.3 Å². The predicted octanol–water partition coefficient (Wildman–Crippen LogP) is 5.20. The van der Waals surface area contributed by atoms with Gasteiger partial charge in [-0.1, -0.05) is 62.2 Å². The van der Waals surface area contributed by atoms with Crippen LogP contribution >= 0.6 is 31.9 Å². The van der Waals surface area contributed by atoms with Gasteiger partial charge in [0.1, 0.15) is 0 Å². The Hall–Kier alpha value is -3.70. The number of rotatable bonds is 9. The number of carbonyl (C=O) groups excluding carboxylic acids is 4. The van der Waals surface area contributed by atoms with Gasteiger partial charge < -0.3 is 9.47 Å². The molecule has 0 aliphatic rings. The third-order valence-electron chi connectivity index (χ3n) is 4.66. The number of ether oxygens (including phenoxy) is 2. The second kappa shape index (κ2) is 11.6. The van der Waals surface area contributed by atoms with E-state index < -0.39 is 58.5 Å². The number of carbonyl (C=O) groups is 4. The van der Waals surface area contributed by atoms with E-state index >= 15 is 0 Å². The topological polar surface area (TPSA) is 130 Å². The zero-order valence-electron chi connectivity index (χ0n) is 17.7. The highest BCUT2D eigenvalue weighted by Crippen LogP contribution is 2.24. The van der Waals surface area contributed by atoms with Crippen LogP contribution in [0.25, 0.3) is 0 Å². The lowest BCUT2D eigenvalue weighted by molar-refractivity contribution is -0.385. The molecule has 0 spiro atoms. The van der Waals surface area contributed by atoms with Crippen molar-refractivity contribution in [2.45, 2.75) is 0 Å². The van der Waals surface area contributed by atoms with Gasteiger partial charge in [-0.25, -0.2) is 9.59 Å². The summed E-state index contributed by atoms with van der Waals surface area (Å²) in [5.74, 6) is -3.45. The summed E-state index contributed by atoms with van der Waals surface area (Å²) in [6.45, 7) is -1.36. The first-order chi connectivity index (χ1) is 16.7. The molecule has 0 fully saturated rings. The summed E-state index contributed by atoms with van der Waals surface area (Å²) < 4.78 is 11.5. The van der Waals surface area contributed by atoms with Crippen LogP contribution < -0.4 is 0 Å². The maximum Gasteiger partial charge on any atom is 0.346 e. The third kappa shape index (κ3) is 6.67. The zero-order valence-corrected chi connectivity index (χ0v) is 20.9. The van der Waals surface area contributed by atoms with Crippen LogP contribution in [0.4, 0.5) is 5.69 Å². The van der Waals surface area contributed by atoms with Crippen LogP contribution in [-0.2, 0) is 9.47 Å². The molecule has 0 aromatic heterocycles. The Balaban J connectivity index is 1.77. The average Bonchev–Trinajstić information content (AvgIpc) is 2.85. The lowest BCUT2D eigenvalue weighted by Gasteiger charge is -2.10. The van der Waals surface area contributed by atoms with Crippen LogP contribution in [0.15, 0.2) is 75.7 Å². The molecule has 9 nitrogen and oxygen atoms in total. The van der Waals surface area contributed by atoms with Gasteiger partial charge in [-0.3, -0.25) is 19.7 Å². The lowest BCUT2D eigenvalue weighted by Crippen LogP contribution is -2.20. The molecule has 178 valence electrons. The molecular formula is C24H15Br2NO8. The fourth-order valence-electron chi connectivity index (χ4n) is 2.93. The van der Waals surface area contributed by atoms with Gasteiger partial charge in [0.25, 0.3) is 5.69 Å². The molecule has 0 aliphatic carbocycles. The molecule has 0 bridgehead atoms. The highest BCUT2D eigenvalue weighted by atomic mass is 79.9. The van der Waals surface area contributed by atoms with Gasteiger partial charge in [0.05, 0.1) is 10.5 Å². The number of nitrogens with zero attached hydrogens (tertiary/aromatic N) is 1. The summed E-state index contributed by atoms with van der Waals surface area (Å²) in [4.78, 5) is 60.6. The Morgan fingerprint density at radius 3 is 1.63 bits per heavy atom. The SMILES string of the molecule is O=C(COC(=O)c1cccc([N+](=O)[O-])c1C(=O)OCC(=O)c1ccc(Br)cc1)c1ccc(Br)cc1. The smallest absolute Gasteiger partial charge is 0.346 e. The summed E-state index contributed by atoms with van der Waals surface area (Å²) in [6, 6.07) is 15.9. The van der Waals surface area contributed by atoms with Crippen molar-refractivity contribution in [3.8, 4) is 0 Å². The first-order valence-electron chi connectivity index (χ1n) is 9.86. The van der Waals surface area contributed by atoms with Crippen molar-refractivity contribution in [1.29, 1.82) is 0 Å². The molecule has 0 unspecified atom stereocenters. The normalized spacial score (nSPS) is 10.3. The Bertz CT molecular complexity index is 1300. The largest absolute Gasteiger partial charge is 0.454 e. The third-order valence-corrected chi connectivity index (χ3v) is 5.72. The monoisotopic (exact) mass is 603 g/mol. The number of nitro groups is 1. The average molecular weight is 605 g/mol.